The second kappa shape index (κ2) is 15.5. The Bertz CT molecular complexity index is 1840. The summed E-state index contributed by atoms with van der Waals surface area (Å²) < 4.78 is 5.62. The third-order valence-corrected chi connectivity index (χ3v) is 8.06. The lowest BCUT2D eigenvalue weighted by Crippen LogP contribution is -2.38. The molecule has 0 radical (unpaired) electrons. The number of imidazole rings is 2. The largest absolute Gasteiger partial charge is 0.444 e. The maximum Gasteiger partial charge on any atom is 0.410 e. The topological polar surface area (TPSA) is 119 Å². The Hall–Kier alpha value is -4.61. The van der Waals surface area contributed by atoms with E-state index in [9.17, 15) is 9.59 Å². The Morgan fingerprint density at radius 1 is 0.812 bits per heavy atom. The van der Waals surface area contributed by atoms with E-state index in [1.54, 1.807) is 16.8 Å². The van der Waals surface area contributed by atoms with Crippen LogP contribution in [0.15, 0.2) is 73.1 Å². The number of hydrogen-bond acceptors (Lipinski definition) is 7. The number of benzene rings is 3. The van der Waals surface area contributed by atoms with Gasteiger partial charge in [-0.1, -0.05) is 67.6 Å². The van der Waals surface area contributed by atoms with Gasteiger partial charge >= 0.3 is 6.09 Å². The molecule has 0 aliphatic carbocycles. The Labute approximate surface area is 287 Å². The van der Waals surface area contributed by atoms with Gasteiger partial charge in [0.2, 0.25) is 5.91 Å². The number of likely N-dealkylation sites (N-methyl/N-ethyl adjacent to an activating group) is 1. The van der Waals surface area contributed by atoms with E-state index in [-0.39, 0.29) is 18.5 Å². The predicted octanol–water partition coefficient (Wildman–Crippen LogP) is 6.91. The lowest BCUT2D eigenvalue weighted by Gasteiger charge is -2.26. The number of ether oxygens (including phenoxy) is 1. The van der Waals surface area contributed by atoms with E-state index in [2.05, 4.69) is 92.5 Å². The molecular formula is C37H45N7O3S. The minimum absolute atomic E-state index is 0.0110. The van der Waals surface area contributed by atoms with Crippen molar-refractivity contribution in [3.63, 3.8) is 0 Å². The predicted molar refractivity (Wildman–Crippen MR) is 195 cm³/mol. The van der Waals surface area contributed by atoms with Gasteiger partial charge in [-0.05, 0) is 61.7 Å². The van der Waals surface area contributed by atoms with Gasteiger partial charge in [-0.3, -0.25) is 4.79 Å². The van der Waals surface area contributed by atoms with Crippen LogP contribution >= 0.6 is 12.6 Å². The second-order valence-corrected chi connectivity index (χ2v) is 13.2. The van der Waals surface area contributed by atoms with Gasteiger partial charge in [-0.25, -0.2) is 14.8 Å². The van der Waals surface area contributed by atoms with Crippen LogP contribution in [0.4, 0.5) is 4.79 Å². The molecule has 48 heavy (non-hydrogen) atoms. The monoisotopic (exact) mass is 667 g/mol. The number of amides is 2. The average molecular weight is 668 g/mol. The number of fused-ring (bicyclic) bond motifs is 1. The van der Waals surface area contributed by atoms with E-state index in [1.807, 2.05) is 46.2 Å². The molecule has 0 spiro atoms. The zero-order valence-corrected chi connectivity index (χ0v) is 29.2. The molecule has 0 atom stereocenters. The van der Waals surface area contributed by atoms with Crippen LogP contribution in [0, 0.1) is 0 Å². The molecule has 0 aliphatic rings. The van der Waals surface area contributed by atoms with Gasteiger partial charge in [0.1, 0.15) is 17.2 Å². The van der Waals surface area contributed by atoms with E-state index < -0.39 is 5.60 Å². The fourth-order valence-corrected chi connectivity index (χ4v) is 5.89. The fraction of sp³-hybridized carbons (Fsp3) is 0.351. The summed E-state index contributed by atoms with van der Waals surface area (Å²) in [7, 11) is 1.76. The highest BCUT2D eigenvalue weighted by atomic mass is 32.1. The van der Waals surface area contributed by atoms with Gasteiger partial charge in [0.15, 0.2) is 0 Å². The van der Waals surface area contributed by atoms with E-state index in [4.69, 9.17) is 4.74 Å². The van der Waals surface area contributed by atoms with Crippen molar-refractivity contribution >= 4 is 35.4 Å². The summed E-state index contributed by atoms with van der Waals surface area (Å²) >= 11 is 4.31. The molecule has 0 bridgehead atoms. The normalized spacial score (nSPS) is 11.5. The summed E-state index contributed by atoms with van der Waals surface area (Å²) in [5.74, 6) is 2.02. The first-order valence-electron chi connectivity index (χ1n) is 16.3. The number of H-pyrrole nitrogens is 2. The molecule has 0 aliphatic heterocycles. The quantitative estimate of drug-likeness (QED) is 0.101. The van der Waals surface area contributed by atoms with Gasteiger partial charge in [0, 0.05) is 24.4 Å². The van der Waals surface area contributed by atoms with Crippen molar-refractivity contribution < 1.29 is 14.3 Å². The number of aromatic nitrogens is 4. The molecular weight excluding hydrogens is 623 g/mol. The molecule has 3 N–H and O–H groups in total. The van der Waals surface area contributed by atoms with E-state index in [1.165, 1.54) is 0 Å². The maximum absolute atomic E-state index is 12.8. The van der Waals surface area contributed by atoms with Crippen molar-refractivity contribution in [2.24, 2.45) is 0 Å². The van der Waals surface area contributed by atoms with Gasteiger partial charge < -0.3 is 29.8 Å². The minimum Gasteiger partial charge on any atom is -0.444 e. The fourth-order valence-electron chi connectivity index (χ4n) is 5.65. The Morgan fingerprint density at radius 3 is 2.02 bits per heavy atom. The maximum atomic E-state index is 12.8. The lowest BCUT2D eigenvalue weighted by molar-refractivity contribution is -0.130. The summed E-state index contributed by atoms with van der Waals surface area (Å²) in [5.41, 5.74) is 5.47. The van der Waals surface area contributed by atoms with Crippen LogP contribution in [-0.4, -0.2) is 79.8 Å². The number of carbonyl (C=O) groups is 2. The van der Waals surface area contributed by atoms with Crippen LogP contribution in [0.1, 0.15) is 45.8 Å². The van der Waals surface area contributed by atoms with E-state index >= 15 is 0 Å². The van der Waals surface area contributed by atoms with Crippen LogP contribution < -0.4 is 5.32 Å². The smallest absolute Gasteiger partial charge is 0.410 e. The SMILES string of the molecule is CCCN(Cc1ncc(-c2ccc(-c3ccc(-c4cnc(CN(CCS)C(=O)CNC)[nH]4)cc3)c3ccccc23)[nH]1)C(=O)OC(C)(C)C. The summed E-state index contributed by atoms with van der Waals surface area (Å²) in [6, 6.07) is 21.0. The van der Waals surface area contributed by atoms with Crippen LogP contribution in [0.2, 0.25) is 0 Å². The highest BCUT2D eigenvalue weighted by Crippen LogP contribution is 2.36. The van der Waals surface area contributed by atoms with Crippen molar-refractivity contribution in [3.05, 3.63) is 84.7 Å². The second-order valence-electron chi connectivity index (χ2n) is 12.7. The first-order chi connectivity index (χ1) is 23.1. The molecule has 0 fully saturated rings. The average Bonchev–Trinajstić information content (AvgIpc) is 3.73. The summed E-state index contributed by atoms with van der Waals surface area (Å²) in [6.45, 7) is 9.79. The molecule has 2 heterocycles. The molecule has 3 aromatic carbocycles. The van der Waals surface area contributed by atoms with Crippen molar-refractivity contribution in [1.29, 1.82) is 0 Å². The molecule has 0 unspecified atom stereocenters. The molecule has 2 aromatic heterocycles. The number of rotatable bonds is 13. The van der Waals surface area contributed by atoms with E-state index in [0.717, 1.165) is 56.7 Å². The van der Waals surface area contributed by atoms with Gasteiger partial charge in [-0.2, -0.15) is 12.6 Å². The Kier molecular flexibility index (Phi) is 11.2. The Morgan fingerprint density at radius 2 is 1.40 bits per heavy atom. The molecule has 0 saturated heterocycles. The number of aromatic amines is 2. The standard InChI is InChI=1S/C37H45N7O3S/c1-6-17-44(36(46)47-37(2,3)4)24-34-40-21-32(42-34)30-16-15-27(28-9-7-8-10-29(28)30)25-11-13-26(14-12-25)31-20-39-33(41-31)23-43(18-19-48)35(45)22-38-5/h7-16,20-21,38,48H,6,17-19,22-24H2,1-5H3,(H,39,41)(H,40,42). The zero-order valence-electron chi connectivity index (χ0n) is 28.3. The molecule has 10 nitrogen and oxygen atoms in total. The minimum atomic E-state index is -0.566. The number of nitrogens with zero attached hydrogens (tertiary/aromatic N) is 4. The number of thiol groups is 1. The number of nitrogens with one attached hydrogen (secondary N) is 3. The third-order valence-electron chi connectivity index (χ3n) is 7.86. The van der Waals surface area contributed by atoms with Crippen molar-refractivity contribution in [1.82, 2.24) is 35.1 Å². The van der Waals surface area contributed by atoms with Crippen LogP contribution in [0.3, 0.4) is 0 Å². The number of hydrogen-bond donors (Lipinski definition) is 4. The molecule has 2 amide bonds. The van der Waals surface area contributed by atoms with Crippen LogP contribution in [0.25, 0.3) is 44.4 Å². The molecule has 252 valence electrons. The van der Waals surface area contributed by atoms with Crippen molar-refractivity contribution in [3.8, 4) is 33.6 Å². The van der Waals surface area contributed by atoms with Gasteiger partial charge in [0.05, 0.1) is 43.4 Å². The lowest BCUT2D eigenvalue weighted by atomic mass is 9.93. The van der Waals surface area contributed by atoms with Gasteiger partial charge in [-0.15, -0.1) is 0 Å². The summed E-state index contributed by atoms with van der Waals surface area (Å²) in [5, 5.41) is 5.14. The Balaban J connectivity index is 1.35. The van der Waals surface area contributed by atoms with Crippen molar-refractivity contribution in [2.45, 2.75) is 52.8 Å². The van der Waals surface area contributed by atoms with Gasteiger partial charge in [0.25, 0.3) is 0 Å². The summed E-state index contributed by atoms with van der Waals surface area (Å²) in [4.78, 5) is 44.7. The summed E-state index contributed by atoms with van der Waals surface area (Å²) in [6.07, 6.45) is 4.11. The number of carbonyl (C=O) groups excluding carboxylic acids is 2. The highest BCUT2D eigenvalue weighted by molar-refractivity contribution is 7.80. The highest BCUT2D eigenvalue weighted by Gasteiger charge is 2.23. The zero-order chi connectivity index (χ0) is 34.3. The molecule has 5 aromatic rings. The van der Waals surface area contributed by atoms with Crippen molar-refractivity contribution in [2.75, 3.05) is 32.4 Å². The van der Waals surface area contributed by atoms with E-state index in [0.29, 0.717) is 37.8 Å². The van der Waals surface area contributed by atoms with Crippen LogP contribution in [0.5, 0.6) is 0 Å². The third kappa shape index (κ3) is 8.45. The molecule has 0 saturated carbocycles. The van der Waals surface area contributed by atoms with Crippen LogP contribution in [-0.2, 0) is 22.6 Å². The first kappa shape index (κ1) is 34.7. The first-order valence-corrected chi connectivity index (χ1v) is 16.9. The molecule has 11 heteroatoms. The molecule has 5 rings (SSSR count).